The van der Waals surface area contributed by atoms with E-state index in [1.807, 2.05) is 0 Å². The molecule has 2 aromatic heterocycles. The Hall–Kier alpha value is -5.19. The molecule has 220 valence electrons. The fraction of sp³-hybridized carbons (Fsp3) is 0.200. The normalized spacial score (nSPS) is 11.2. The SMILES string of the molecule is CCOC(=O)c1nn(-c2ccc(OC(F)(F)F)cc2)c(=O)c2c(NC(=O)c3cc(OC)c(OC)cc3[N+](=O)[O-])scc12. The number of nitro benzene ring substituents is 1. The van der Waals surface area contributed by atoms with Gasteiger partial charge in [-0.25, -0.2) is 4.79 Å². The van der Waals surface area contributed by atoms with E-state index in [0.29, 0.717) is 0 Å². The van der Waals surface area contributed by atoms with Gasteiger partial charge < -0.3 is 24.3 Å². The van der Waals surface area contributed by atoms with Gasteiger partial charge in [-0.2, -0.15) is 9.78 Å². The first-order valence-electron chi connectivity index (χ1n) is 11.7. The number of rotatable bonds is 9. The zero-order valence-electron chi connectivity index (χ0n) is 21.8. The fourth-order valence-electron chi connectivity index (χ4n) is 3.83. The van der Waals surface area contributed by atoms with Crippen molar-refractivity contribution in [3.05, 3.63) is 73.5 Å². The van der Waals surface area contributed by atoms with E-state index in [4.69, 9.17) is 14.2 Å². The number of nitrogens with zero attached hydrogens (tertiary/aromatic N) is 3. The van der Waals surface area contributed by atoms with Crippen LogP contribution in [0.1, 0.15) is 27.8 Å². The van der Waals surface area contributed by atoms with Gasteiger partial charge in [0.2, 0.25) is 0 Å². The van der Waals surface area contributed by atoms with Crippen LogP contribution >= 0.6 is 11.3 Å². The summed E-state index contributed by atoms with van der Waals surface area (Å²) in [5.74, 6) is -2.44. The minimum absolute atomic E-state index is 0.00187. The second-order valence-corrected chi connectivity index (χ2v) is 9.00. The molecule has 0 unspecified atom stereocenters. The number of nitro groups is 1. The number of amides is 1. The van der Waals surface area contributed by atoms with Crippen LogP contribution in [-0.4, -0.2) is 53.8 Å². The number of carbonyl (C=O) groups excluding carboxylic acids is 2. The summed E-state index contributed by atoms with van der Waals surface area (Å²) in [5, 5.41) is 19.3. The minimum Gasteiger partial charge on any atom is -0.493 e. The van der Waals surface area contributed by atoms with Gasteiger partial charge in [0.05, 0.1) is 42.9 Å². The molecule has 0 saturated carbocycles. The number of nitrogens with one attached hydrogen (secondary N) is 1. The molecule has 2 aromatic carbocycles. The maximum absolute atomic E-state index is 13.6. The number of hydrogen-bond acceptors (Lipinski definition) is 11. The Labute approximate surface area is 237 Å². The third-order valence-electron chi connectivity index (χ3n) is 5.61. The number of benzene rings is 2. The lowest BCUT2D eigenvalue weighted by molar-refractivity contribution is -0.385. The van der Waals surface area contributed by atoms with Crippen molar-refractivity contribution in [1.29, 1.82) is 0 Å². The standard InChI is InChI=1S/C25H19F3N4O9S/c1-4-40-24(35)20-15-11-42-22(29-21(33)14-9-17(38-2)18(39-3)10-16(14)32(36)37)19(15)23(34)31(30-20)12-5-7-13(8-6-12)41-25(26,27)28/h5-11H,4H2,1-3H3,(H,29,33). The molecule has 0 spiro atoms. The third-order valence-corrected chi connectivity index (χ3v) is 6.50. The smallest absolute Gasteiger partial charge is 0.493 e. The maximum Gasteiger partial charge on any atom is 0.573 e. The Morgan fingerprint density at radius 1 is 1.12 bits per heavy atom. The molecular weight excluding hydrogens is 589 g/mol. The van der Waals surface area contributed by atoms with Crippen molar-refractivity contribution < 1.29 is 46.6 Å². The van der Waals surface area contributed by atoms with Crippen LogP contribution in [-0.2, 0) is 4.74 Å². The zero-order chi connectivity index (χ0) is 30.8. The average Bonchev–Trinajstić information content (AvgIpc) is 3.36. The highest BCUT2D eigenvalue weighted by atomic mass is 32.1. The van der Waals surface area contributed by atoms with Gasteiger partial charge in [0.25, 0.3) is 17.2 Å². The molecule has 2 heterocycles. The number of carbonyl (C=O) groups is 2. The third kappa shape index (κ3) is 5.95. The second kappa shape index (κ2) is 11.7. The quantitative estimate of drug-likeness (QED) is 0.160. The molecule has 0 aliphatic rings. The van der Waals surface area contributed by atoms with Crippen molar-refractivity contribution in [1.82, 2.24) is 9.78 Å². The Morgan fingerprint density at radius 2 is 1.76 bits per heavy atom. The molecule has 1 amide bonds. The first-order valence-corrected chi connectivity index (χ1v) is 12.6. The van der Waals surface area contributed by atoms with E-state index >= 15 is 0 Å². The maximum atomic E-state index is 13.6. The number of methoxy groups -OCH3 is 2. The zero-order valence-corrected chi connectivity index (χ0v) is 22.6. The van der Waals surface area contributed by atoms with E-state index in [9.17, 15) is 37.7 Å². The Balaban J connectivity index is 1.85. The first-order chi connectivity index (χ1) is 19.9. The number of esters is 1. The monoisotopic (exact) mass is 608 g/mol. The van der Waals surface area contributed by atoms with Crippen molar-refractivity contribution >= 4 is 44.7 Å². The van der Waals surface area contributed by atoms with Gasteiger partial charge in [0.15, 0.2) is 17.2 Å². The summed E-state index contributed by atoms with van der Waals surface area (Å²) < 4.78 is 57.6. The van der Waals surface area contributed by atoms with Crippen LogP contribution in [0.2, 0.25) is 0 Å². The van der Waals surface area contributed by atoms with E-state index in [2.05, 4.69) is 15.2 Å². The molecule has 0 fully saturated rings. The highest BCUT2D eigenvalue weighted by Gasteiger charge is 2.31. The van der Waals surface area contributed by atoms with Gasteiger partial charge >= 0.3 is 12.3 Å². The van der Waals surface area contributed by atoms with Gasteiger partial charge in [-0.05, 0) is 31.2 Å². The molecule has 0 radical (unpaired) electrons. The molecule has 4 aromatic rings. The molecule has 13 nitrogen and oxygen atoms in total. The van der Waals surface area contributed by atoms with E-state index in [-0.39, 0.29) is 45.3 Å². The van der Waals surface area contributed by atoms with Crippen LogP contribution in [0.25, 0.3) is 16.5 Å². The molecular formula is C25H19F3N4O9S. The van der Waals surface area contributed by atoms with Gasteiger partial charge in [0.1, 0.15) is 16.3 Å². The molecule has 42 heavy (non-hydrogen) atoms. The molecule has 0 saturated heterocycles. The Kier molecular flexibility index (Phi) is 8.32. The van der Waals surface area contributed by atoms with Crippen LogP contribution in [0.3, 0.4) is 0 Å². The molecule has 0 aliphatic heterocycles. The van der Waals surface area contributed by atoms with Crippen LogP contribution in [0.15, 0.2) is 46.6 Å². The van der Waals surface area contributed by atoms with Gasteiger partial charge in [-0.15, -0.1) is 24.5 Å². The predicted octanol–water partition coefficient (Wildman–Crippen LogP) is 4.70. The van der Waals surface area contributed by atoms with Gasteiger partial charge in [-0.1, -0.05) is 0 Å². The van der Waals surface area contributed by atoms with Crippen LogP contribution < -0.4 is 25.1 Å². The number of thiophene rings is 1. The van der Waals surface area contributed by atoms with Crippen molar-refractivity contribution in [2.45, 2.75) is 13.3 Å². The Bertz CT molecular complexity index is 1750. The largest absolute Gasteiger partial charge is 0.573 e. The summed E-state index contributed by atoms with van der Waals surface area (Å²) in [5.41, 5.74) is -2.25. The average molecular weight is 609 g/mol. The van der Waals surface area contributed by atoms with Gasteiger partial charge in [-0.3, -0.25) is 19.7 Å². The summed E-state index contributed by atoms with van der Waals surface area (Å²) >= 11 is 0.830. The van der Waals surface area contributed by atoms with E-state index in [0.717, 1.165) is 52.4 Å². The lowest BCUT2D eigenvalue weighted by Gasteiger charge is -2.12. The van der Waals surface area contributed by atoms with Crippen molar-refractivity contribution in [2.75, 3.05) is 26.1 Å². The molecule has 1 N–H and O–H groups in total. The van der Waals surface area contributed by atoms with E-state index in [1.54, 1.807) is 6.92 Å². The number of aromatic nitrogens is 2. The highest BCUT2D eigenvalue weighted by Crippen LogP contribution is 2.36. The molecule has 0 aliphatic carbocycles. The van der Waals surface area contributed by atoms with Crippen LogP contribution in [0, 0.1) is 10.1 Å². The Morgan fingerprint density at radius 3 is 2.33 bits per heavy atom. The number of anilines is 1. The van der Waals surface area contributed by atoms with Crippen LogP contribution in [0.4, 0.5) is 23.9 Å². The number of hydrogen-bond donors (Lipinski definition) is 1. The number of ether oxygens (including phenoxy) is 4. The number of fused-ring (bicyclic) bond motifs is 1. The van der Waals surface area contributed by atoms with Gasteiger partial charge in [0, 0.05) is 16.8 Å². The molecule has 0 bridgehead atoms. The summed E-state index contributed by atoms with van der Waals surface area (Å²) in [6.07, 6.45) is -4.95. The first kappa shape index (κ1) is 29.8. The van der Waals surface area contributed by atoms with Crippen molar-refractivity contribution in [3.8, 4) is 22.9 Å². The summed E-state index contributed by atoms with van der Waals surface area (Å²) in [6.45, 7) is 1.50. The van der Waals surface area contributed by atoms with Crippen molar-refractivity contribution in [3.63, 3.8) is 0 Å². The summed E-state index contributed by atoms with van der Waals surface area (Å²) in [4.78, 5) is 50.5. The minimum atomic E-state index is -4.95. The highest BCUT2D eigenvalue weighted by molar-refractivity contribution is 7.16. The number of halogens is 3. The predicted molar refractivity (Wildman–Crippen MR) is 142 cm³/mol. The summed E-state index contributed by atoms with van der Waals surface area (Å²) in [6, 6.07) is 6.19. The lowest BCUT2D eigenvalue weighted by atomic mass is 10.1. The number of alkyl halides is 3. The van der Waals surface area contributed by atoms with E-state index in [1.165, 1.54) is 19.6 Å². The van der Waals surface area contributed by atoms with Crippen molar-refractivity contribution in [2.24, 2.45) is 0 Å². The second-order valence-electron chi connectivity index (χ2n) is 8.12. The molecule has 17 heteroatoms. The topological polar surface area (TPSA) is 161 Å². The molecule has 0 atom stereocenters. The summed E-state index contributed by atoms with van der Waals surface area (Å²) in [7, 11) is 2.53. The van der Waals surface area contributed by atoms with E-state index < -0.39 is 45.7 Å². The lowest BCUT2D eigenvalue weighted by Crippen LogP contribution is -2.25. The molecule has 4 rings (SSSR count). The van der Waals surface area contributed by atoms with Crippen LogP contribution in [0.5, 0.6) is 17.2 Å². The fourth-order valence-corrected chi connectivity index (χ4v) is 4.76.